The molecule has 0 heterocycles. The molecule has 176 valence electrons. The number of carboxylic acids is 2. The highest BCUT2D eigenvalue weighted by atomic mass is 16.5. The summed E-state index contributed by atoms with van der Waals surface area (Å²) in [6.45, 7) is 3.50. The van der Waals surface area contributed by atoms with E-state index in [1.807, 2.05) is 0 Å². The van der Waals surface area contributed by atoms with Crippen molar-refractivity contribution in [3.63, 3.8) is 0 Å². The number of carbonyl (C=O) groups excluding carboxylic acids is 2. The second kappa shape index (κ2) is 20.1. The highest BCUT2D eigenvalue weighted by molar-refractivity contribution is 5.67. The molecule has 0 saturated carbocycles. The van der Waals surface area contributed by atoms with Crippen molar-refractivity contribution < 1.29 is 49.1 Å². The summed E-state index contributed by atoms with van der Waals surface area (Å²) in [6.07, 6.45) is 3.65. The van der Waals surface area contributed by atoms with E-state index in [2.05, 4.69) is 0 Å². The number of aliphatic hydroxyl groups is 2. The van der Waals surface area contributed by atoms with Gasteiger partial charge in [-0.3, -0.25) is 19.2 Å². The Morgan fingerprint density at radius 3 is 1.23 bits per heavy atom. The fourth-order valence-electron chi connectivity index (χ4n) is 2.36. The van der Waals surface area contributed by atoms with Crippen LogP contribution < -0.4 is 0 Å². The third-order valence-corrected chi connectivity index (χ3v) is 3.79. The maximum Gasteiger partial charge on any atom is 0.305 e. The van der Waals surface area contributed by atoms with Crippen molar-refractivity contribution >= 4 is 23.9 Å². The molecule has 0 bridgehead atoms. The zero-order valence-electron chi connectivity index (χ0n) is 17.9. The Balaban J connectivity index is 0. The zero-order valence-corrected chi connectivity index (χ0v) is 17.9. The van der Waals surface area contributed by atoms with Crippen LogP contribution in [0.4, 0.5) is 0 Å². The smallest absolute Gasteiger partial charge is 0.305 e. The van der Waals surface area contributed by atoms with Gasteiger partial charge < -0.3 is 29.9 Å². The van der Waals surface area contributed by atoms with Crippen LogP contribution >= 0.6 is 0 Å². The average Bonchev–Trinajstić information content (AvgIpc) is 2.59. The van der Waals surface area contributed by atoms with E-state index in [9.17, 15) is 29.4 Å². The van der Waals surface area contributed by atoms with Crippen LogP contribution in [0.1, 0.15) is 78.1 Å². The number of esters is 2. The first-order valence-electron chi connectivity index (χ1n) is 10.1. The largest absolute Gasteiger partial charge is 0.481 e. The fraction of sp³-hybridized carbons (Fsp3) is 0.800. The van der Waals surface area contributed by atoms with Crippen LogP contribution in [0.15, 0.2) is 0 Å². The number of rotatable bonds is 16. The molecule has 0 saturated heterocycles. The maximum absolute atomic E-state index is 10.4. The lowest BCUT2D eigenvalue weighted by atomic mass is 10.1. The molecule has 0 spiro atoms. The molecule has 4 N–H and O–H groups in total. The second-order valence-corrected chi connectivity index (χ2v) is 6.88. The molecular formula is C20H36O10. The Labute approximate surface area is 177 Å². The van der Waals surface area contributed by atoms with Gasteiger partial charge in [-0.05, 0) is 38.5 Å². The van der Waals surface area contributed by atoms with Gasteiger partial charge in [0, 0.05) is 13.8 Å². The van der Waals surface area contributed by atoms with Crippen LogP contribution in [0, 0.1) is 0 Å². The number of ether oxygens (including phenoxy) is 2. The first-order chi connectivity index (χ1) is 14.0. The van der Waals surface area contributed by atoms with E-state index in [0.29, 0.717) is 26.1 Å². The van der Waals surface area contributed by atoms with Crippen molar-refractivity contribution in [1.82, 2.24) is 0 Å². The summed E-state index contributed by atoms with van der Waals surface area (Å²) in [5, 5.41) is 35.1. The second-order valence-electron chi connectivity index (χ2n) is 6.88. The Morgan fingerprint density at radius 1 is 0.633 bits per heavy atom. The van der Waals surface area contributed by atoms with Gasteiger partial charge in [0.2, 0.25) is 0 Å². The molecule has 0 aliphatic rings. The van der Waals surface area contributed by atoms with E-state index in [-0.39, 0.29) is 24.8 Å². The molecule has 0 aliphatic carbocycles. The average molecular weight is 436 g/mol. The Hall–Kier alpha value is -2.20. The molecule has 0 aromatic rings. The number of carbonyl (C=O) groups is 4. The van der Waals surface area contributed by atoms with Crippen LogP contribution in [0.3, 0.4) is 0 Å². The third kappa shape index (κ3) is 28.0. The van der Waals surface area contributed by atoms with Gasteiger partial charge in [0.15, 0.2) is 0 Å². The van der Waals surface area contributed by atoms with E-state index < -0.39 is 24.1 Å². The SMILES string of the molecule is CC(=O)OCCCCCC(O)CC(=O)O.CC(=O)OCCCCCC(O)CC(=O)O. The predicted octanol–water partition coefficient (Wildman–Crippen LogP) is 1.89. The van der Waals surface area contributed by atoms with Gasteiger partial charge in [-0.1, -0.05) is 12.8 Å². The van der Waals surface area contributed by atoms with Crippen LogP contribution in [-0.2, 0) is 28.7 Å². The minimum atomic E-state index is -0.984. The third-order valence-electron chi connectivity index (χ3n) is 3.79. The molecule has 0 fully saturated rings. The Kier molecular flexibility index (Phi) is 20.1. The number of aliphatic hydroxyl groups excluding tert-OH is 2. The quantitative estimate of drug-likeness (QED) is 0.207. The van der Waals surface area contributed by atoms with E-state index in [4.69, 9.17) is 19.7 Å². The van der Waals surface area contributed by atoms with E-state index in [0.717, 1.165) is 38.5 Å². The van der Waals surface area contributed by atoms with Gasteiger partial charge in [-0.15, -0.1) is 0 Å². The molecule has 0 aromatic carbocycles. The normalized spacial score (nSPS) is 12.1. The maximum atomic E-state index is 10.4. The molecule has 0 aliphatic heterocycles. The molecule has 30 heavy (non-hydrogen) atoms. The van der Waals surface area contributed by atoms with Crippen molar-refractivity contribution in [3.8, 4) is 0 Å². The first kappa shape index (κ1) is 30.0. The summed E-state index contributed by atoms with van der Waals surface area (Å²) >= 11 is 0. The standard InChI is InChI=1S/2C10H18O5/c2*1-8(11)15-6-4-2-3-5-9(12)7-10(13)14/h2*9,12H,2-7H2,1H3,(H,13,14). The lowest BCUT2D eigenvalue weighted by Crippen LogP contribution is -2.12. The number of unbranched alkanes of at least 4 members (excludes halogenated alkanes) is 4. The minimum absolute atomic E-state index is 0.204. The van der Waals surface area contributed by atoms with Crippen molar-refractivity contribution in [2.45, 2.75) is 90.3 Å². The van der Waals surface area contributed by atoms with E-state index >= 15 is 0 Å². The zero-order chi connectivity index (χ0) is 23.4. The lowest BCUT2D eigenvalue weighted by Gasteiger charge is -2.07. The highest BCUT2D eigenvalue weighted by Crippen LogP contribution is 2.07. The summed E-state index contributed by atoms with van der Waals surface area (Å²) in [5.41, 5.74) is 0. The molecule has 10 heteroatoms. The Morgan fingerprint density at radius 2 is 0.967 bits per heavy atom. The summed E-state index contributed by atoms with van der Waals surface area (Å²) in [4.78, 5) is 41.2. The van der Waals surface area contributed by atoms with Crippen LogP contribution in [-0.4, -0.2) is 69.7 Å². The molecule has 2 atom stereocenters. The Bertz CT molecular complexity index is 448. The van der Waals surface area contributed by atoms with Crippen molar-refractivity contribution in [2.75, 3.05) is 13.2 Å². The number of hydrogen-bond donors (Lipinski definition) is 4. The van der Waals surface area contributed by atoms with Crippen molar-refractivity contribution in [3.05, 3.63) is 0 Å². The van der Waals surface area contributed by atoms with Gasteiger partial charge in [-0.2, -0.15) is 0 Å². The highest BCUT2D eigenvalue weighted by Gasteiger charge is 2.09. The summed E-state index contributed by atoms with van der Waals surface area (Å²) in [7, 11) is 0. The number of aliphatic carboxylic acids is 2. The molecule has 2 unspecified atom stereocenters. The number of carboxylic acid groups (broad SMARTS) is 2. The first-order valence-corrected chi connectivity index (χ1v) is 10.1. The minimum Gasteiger partial charge on any atom is -0.481 e. The van der Waals surface area contributed by atoms with Crippen molar-refractivity contribution in [2.24, 2.45) is 0 Å². The summed E-state index contributed by atoms with van der Waals surface area (Å²) in [6, 6.07) is 0. The molecule has 0 radical (unpaired) electrons. The molecule has 10 nitrogen and oxygen atoms in total. The van der Waals surface area contributed by atoms with Gasteiger partial charge in [-0.25, -0.2) is 0 Å². The number of hydrogen-bond acceptors (Lipinski definition) is 8. The fourth-order valence-corrected chi connectivity index (χ4v) is 2.36. The van der Waals surface area contributed by atoms with E-state index in [1.165, 1.54) is 13.8 Å². The predicted molar refractivity (Wildman–Crippen MR) is 107 cm³/mol. The summed E-state index contributed by atoms with van der Waals surface area (Å²) < 4.78 is 9.44. The van der Waals surface area contributed by atoms with Crippen LogP contribution in [0.25, 0.3) is 0 Å². The van der Waals surface area contributed by atoms with Gasteiger partial charge >= 0.3 is 23.9 Å². The summed E-state index contributed by atoms with van der Waals surface area (Å²) in [5.74, 6) is -2.55. The van der Waals surface area contributed by atoms with Crippen LogP contribution in [0.5, 0.6) is 0 Å². The molecule has 0 amide bonds. The van der Waals surface area contributed by atoms with Crippen LogP contribution in [0.2, 0.25) is 0 Å². The molecule has 0 aromatic heterocycles. The topological polar surface area (TPSA) is 168 Å². The van der Waals surface area contributed by atoms with Gasteiger partial charge in [0.25, 0.3) is 0 Å². The monoisotopic (exact) mass is 436 g/mol. The molecular weight excluding hydrogens is 400 g/mol. The van der Waals surface area contributed by atoms with Crippen molar-refractivity contribution in [1.29, 1.82) is 0 Å². The van der Waals surface area contributed by atoms with Gasteiger partial charge in [0.1, 0.15) is 0 Å². The van der Waals surface area contributed by atoms with Gasteiger partial charge in [0.05, 0.1) is 38.3 Å². The van der Waals surface area contributed by atoms with E-state index in [1.54, 1.807) is 0 Å². The lowest BCUT2D eigenvalue weighted by molar-refractivity contribution is -0.142. The molecule has 0 rings (SSSR count).